The van der Waals surface area contributed by atoms with Crippen LogP contribution in [0.4, 0.5) is 5.82 Å². The molecule has 1 saturated heterocycles. The number of hydrogen-bond donors (Lipinski definition) is 1. The number of pyridine rings is 2. The van der Waals surface area contributed by atoms with Crippen LogP contribution in [0.1, 0.15) is 32.3 Å². The maximum Gasteiger partial charge on any atom is 0.223 e. The smallest absolute Gasteiger partial charge is 0.223 e. The Hall–Kier alpha value is -4.19. The van der Waals surface area contributed by atoms with Crippen molar-refractivity contribution in [1.29, 1.82) is 5.26 Å². The van der Waals surface area contributed by atoms with Gasteiger partial charge in [-0.3, -0.25) is 9.48 Å². The number of carbonyl (C=O) groups excluding carboxylic acids is 1. The fraction of sp³-hybridized carbons (Fsp3) is 0.346. The number of anilines is 1. The molecule has 1 aliphatic heterocycles. The second-order valence-corrected chi connectivity index (χ2v) is 9.34. The number of nitriles is 1. The Morgan fingerprint density at radius 3 is 2.51 bits per heavy atom. The van der Waals surface area contributed by atoms with E-state index in [9.17, 15) is 10.1 Å². The molecular weight excluding hydrogens is 440 g/mol. The average Bonchev–Trinajstić information content (AvgIpc) is 3.49. The highest BCUT2D eigenvalue weighted by Gasteiger charge is 2.26. The first kappa shape index (κ1) is 22.6. The van der Waals surface area contributed by atoms with Gasteiger partial charge in [-0.15, -0.1) is 0 Å². The quantitative estimate of drug-likeness (QED) is 0.481. The van der Waals surface area contributed by atoms with Crippen molar-refractivity contribution >= 4 is 17.2 Å². The normalized spacial score (nSPS) is 14.4. The van der Waals surface area contributed by atoms with Gasteiger partial charge in [0.15, 0.2) is 0 Å². The molecule has 0 spiro atoms. The second-order valence-electron chi connectivity index (χ2n) is 9.34. The largest absolute Gasteiger partial charge is 0.357 e. The zero-order valence-corrected chi connectivity index (χ0v) is 20.1. The van der Waals surface area contributed by atoms with Crippen LogP contribution in [0, 0.1) is 17.2 Å². The number of nitrogens with one attached hydrogen (secondary N) is 1. The topological polar surface area (TPSA) is 104 Å². The molecule has 1 aliphatic rings. The molecule has 5 heterocycles. The van der Waals surface area contributed by atoms with Gasteiger partial charge in [0.1, 0.15) is 11.9 Å². The van der Waals surface area contributed by atoms with E-state index < -0.39 is 0 Å². The molecule has 1 amide bonds. The molecular formula is C26H28N8O. The minimum absolute atomic E-state index is 0.0580. The molecule has 5 rings (SSSR count). The van der Waals surface area contributed by atoms with E-state index in [1.807, 2.05) is 57.8 Å². The van der Waals surface area contributed by atoms with E-state index in [-0.39, 0.29) is 17.9 Å². The van der Waals surface area contributed by atoms with Crippen molar-refractivity contribution in [3.63, 3.8) is 0 Å². The van der Waals surface area contributed by atoms with E-state index in [1.165, 1.54) is 0 Å². The number of aromatic nitrogens is 5. The third kappa shape index (κ3) is 4.47. The van der Waals surface area contributed by atoms with Crippen molar-refractivity contribution in [3.05, 3.63) is 54.7 Å². The zero-order chi connectivity index (χ0) is 24.5. The van der Waals surface area contributed by atoms with Crippen LogP contribution < -0.4 is 10.2 Å². The van der Waals surface area contributed by atoms with Crippen LogP contribution in [0.25, 0.3) is 27.8 Å². The predicted octanol–water partition coefficient (Wildman–Crippen LogP) is 3.41. The molecule has 35 heavy (non-hydrogen) atoms. The van der Waals surface area contributed by atoms with Crippen molar-refractivity contribution < 1.29 is 4.79 Å². The van der Waals surface area contributed by atoms with E-state index in [2.05, 4.69) is 32.5 Å². The third-order valence-electron chi connectivity index (χ3n) is 6.45. The fourth-order valence-corrected chi connectivity index (χ4v) is 4.66. The van der Waals surface area contributed by atoms with Crippen LogP contribution in [-0.4, -0.2) is 49.4 Å². The number of rotatable bonds is 5. The number of piperidine rings is 1. The SMILES string of the molecule is CC(C)NC(=O)C1CCN(c2ccc(-c3cc(-c4cnn(C)c4)cn4ncc(C#N)c34)cn2)CC1. The molecule has 0 aromatic carbocycles. The monoisotopic (exact) mass is 468 g/mol. The summed E-state index contributed by atoms with van der Waals surface area (Å²) in [5.74, 6) is 1.10. The van der Waals surface area contributed by atoms with E-state index >= 15 is 0 Å². The first-order valence-corrected chi connectivity index (χ1v) is 11.8. The van der Waals surface area contributed by atoms with Crippen LogP contribution in [0.3, 0.4) is 0 Å². The number of aryl methyl sites for hydroxylation is 1. The molecule has 0 aliphatic carbocycles. The number of amides is 1. The summed E-state index contributed by atoms with van der Waals surface area (Å²) in [5, 5.41) is 21.4. The minimum atomic E-state index is 0.0580. The number of carbonyl (C=O) groups is 1. The Bertz CT molecular complexity index is 1400. The molecule has 1 fully saturated rings. The van der Waals surface area contributed by atoms with Crippen LogP contribution in [0.5, 0.6) is 0 Å². The van der Waals surface area contributed by atoms with E-state index in [4.69, 9.17) is 4.98 Å². The molecule has 1 N–H and O–H groups in total. The molecule has 0 unspecified atom stereocenters. The van der Waals surface area contributed by atoms with Gasteiger partial charge in [-0.25, -0.2) is 9.50 Å². The molecule has 0 saturated carbocycles. The summed E-state index contributed by atoms with van der Waals surface area (Å²) in [4.78, 5) is 19.3. The lowest BCUT2D eigenvalue weighted by molar-refractivity contribution is -0.126. The van der Waals surface area contributed by atoms with Gasteiger partial charge in [0.25, 0.3) is 0 Å². The zero-order valence-electron chi connectivity index (χ0n) is 20.1. The van der Waals surface area contributed by atoms with Gasteiger partial charge in [0.05, 0.1) is 23.5 Å². The first-order chi connectivity index (χ1) is 16.9. The third-order valence-corrected chi connectivity index (χ3v) is 6.45. The minimum Gasteiger partial charge on any atom is -0.357 e. The summed E-state index contributed by atoms with van der Waals surface area (Å²) in [6.07, 6.45) is 10.8. The lowest BCUT2D eigenvalue weighted by atomic mass is 9.95. The first-order valence-electron chi connectivity index (χ1n) is 11.8. The van der Waals surface area contributed by atoms with Gasteiger partial charge in [-0.2, -0.15) is 15.5 Å². The lowest BCUT2D eigenvalue weighted by Gasteiger charge is -2.32. The summed E-state index contributed by atoms with van der Waals surface area (Å²) in [7, 11) is 1.88. The lowest BCUT2D eigenvalue weighted by Crippen LogP contribution is -2.42. The van der Waals surface area contributed by atoms with Gasteiger partial charge >= 0.3 is 0 Å². The summed E-state index contributed by atoms with van der Waals surface area (Å²) in [6, 6.07) is 8.52. The maximum atomic E-state index is 12.3. The van der Waals surface area contributed by atoms with Crippen LogP contribution in [0.15, 0.2) is 49.2 Å². The van der Waals surface area contributed by atoms with Crippen LogP contribution in [0.2, 0.25) is 0 Å². The van der Waals surface area contributed by atoms with Crippen molar-refractivity contribution in [2.24, 2.45) is 13.0 Å². The highest BCUT2D eigenvalue weighted by atomic mass is 16.1. The standard InChI is InChI=1S/C26H28N8O/c1-17(2)31-26(35)18-6-8-33(9-7-18)24-5-4-19(12-28-24)23-10-20(22-14-29-32(3)15-22)16-34-25(23)21(11-27)13-30-34/h4-5,10,12-18H,6-9H2,1-3H3,(H,31,35). The van der Waals surface area contributed by atoms with E-state index in [0.717, 1.165) is 59.5 Å². The Morgan fingerprint density at radius 1 is 1.09 bits per heavy atom. The van der Waals surface area contributed by atoms with Crippen molar-refractivity contribution in [2.75, 3.05) is 18.0 Å². The Morgan fingerprint density at radius 2 is 1.89 bits per heavy atom. The molecule has 9 heteroatoms. The summed E-state index contributed by atoms with van der Waals surface area (Å²) < 4.78 is 3.51. The summed E-state index contributed by atoms with van der Waals surface area (Å²) in [5.41, 5.74) is 5.00. The Balaban J connectivity index is 1.42. The van der Waals surface area contributed by atoms with Gasteiger partial charge in [-0.1, -0.05) is 0 Å². The highest BCUT2D eigenvalue weighted by molar-refractivity contribution is 5.87. The molecule has 0 radical (unpaired) electrons. The fourth-order valence-electron chi connectivity index (χ4n) is 4.66. The summed E-state index contributed by atoms with van der Waals surface area (Å²) in [6.45, 7) is 5.57. The van der Waals surface area contributed by atoms with Crippen molar-refractivity contribution in [2.45, 2.75) is 32.7 Å². The predicted molar refractivity (Wildman–Crippen MR) is 134 cm³/mol. The van der Waals surface area contributed by atoms with Crippen LogP contribution >= 0.6 is 0 Å². The van der Waals surface area contributed by atoms with Crippen molar-refractivity contribution in [1.82, 2.24) is 29.7 Å². The Labute approximate surface area is 204 Å². The van der Waals surface area contributed by atoms with E-state index in [0.29, 0.717) is 5.56 Å². The Kier molecular flexibility index (Phi) is 5.95. The number of fused-ring (bicyclic) bond motifs is 1. The number of nitrogens with zero attached hydrogens (tertiary/aromatic N) is 7. The van der Waals surface area contributed by atoms with Gasteiger partial charge in [0, 0.05) is 72.9 Å². The molecule has 0 bridgehead atoms. The molecule has 4 aromatic rings. The van der Waals surface area contributed by atoms with Gasteiger partial charge < -0.3 is 10.2 Å². The van der Waals surface area contributed by atoms with Gasteiger partial charge in [-0.05, 0) is 44.9 Å². The summed E-state index contributed by atoms with van der Waals surface area (Å²) >= 11 is 0. The number of hydrogen-bond acceptors (Lipinski definition) is 6. The van der Waals surface area contributed by atoms with Crippen molar-refractivity contribution in [3.8, 4) is 28.3 Å². The second kappa shape index (κ2) is 9.22. The van der Waals surface area contributed by atoms with E-state index in [1.54, 1.807) is 15.4 Å². The highest BCUT2D eigenvalue weighted by Crippen LogP contribution is 2.32. The molecule has 178 valence electrons. The average molecular weight is 469 g/mol. The molecule has 4 aromatic heterocycles. The van der Waals surface area contributed by atoms with Crippen LogP contribution in [-0.2, 0) is 11.8 Å². The molecule has 9 nitrogen and oxygen atoms in total. The maximum absolute atomic E-state index is 12.3. The van der Waals surface area contributed by atoms with Gasteiger partial charge in [0.2, 0.25) is 5.91 Å². The molecule has 0 atom stereocenters.